The molecule has 0 fully saturated rings. The van der Waals surface area contributed by atoms with E-state index in [9.17, 15) is 0 Å². The first-order valence-electron chi connectivity index (χ1n) is 5.45. The van der Waals surface area contributed by atoms with Gasteiger partial charge >= 0.3 is 0 Å². The second-order valence-corrected chi connectivity index (χ2v) is 5.01. The number of thiophene rings is 1. The van der Waals surface area contributed by atoms with Gasteiger partial charge in [-0.3, -0.25) is 0 Å². The average Bonchev–Trinajstić information content (AvgIpc) is 2.95. The molecule has 3 rings (SSSR count). The number of rotatable bonds is 2. The Hall–Kier alpha value is -1.65. The molecule has 17 heavy (non-hydrogen) atoms. The predicted molar refractivity (Wildman–Crippen MR) is 71.1 cm³/mol. The topological polar surface area (TPSA) is 43.8 Å². The molecule has 1 atom stereocenters. The van der Waals surface area contributed by atoms with Crippen molar-refractivity contribution in [3.63, 3.8) is 0 Å². The number of imidazole rings is 1. The predicted octanol–water partition coefficient (Wildman–Crippen LogP) is 2.68. The van der Waals surface area contributed by atoms with Crippen molar-refractivity contribution in [2.24, 2.45) is 12.8 Å². The molecule has 0 radical (unpaired) electrons. The molecule has 0 aliphatic carbocycles. The summed E-state index contributed by atoms with van der Waals surface area (Å²) in [7, 11) is 1.97. The largest absolute Gasteiger partial charge is 0.336 e. The summed E-state index contributed by atoms with van der Waals surface area (Å²) in [5.41, 5.74) is 8.53. The number of nitrogens with two attached hydrogens (primary N) is 1. The molecule has 2 aromatic heterocycles. The molecule has 4 heteroatoms. The second kappa shape index (κ2) is 3.98. The molecule has 0 amide bonds. The Labute approximate surface area is 104 Å². The van der Waals surface area contributed by atoms with Gasteiger partial charge in [0.25, 0.3) is 0 Å². The number of hydrogen-bond donors (Lipinski definition) is 1. The van der Waals surface area contributed by atoms with Crippen molar-refractivity contribution in [1.29, 1.82) is 0 Å². The fourth-order valence-corrected chi connectivity index (χ4v) is 3.04. The molecule has 1 aromatic carbocycles. The van der Waals surface area contributed by atoms with E-state index in [1.807, 2.05) is 17.8 Å². The maximum Gasteiger partial charge on any atom is 0.0946 e. The van der Waals surface area contributed by atoms with Gasteiger partial charge in [0.1, 0.15) is 0 Å². The summed E-state index contributed by atoms with van der Waals surface area (Å²) in [5.74, 6) is 0. The van der Waals surface area contributed by atoms with Crippen LogP contribution >= 0.6 is 11.3 Å². The highest BCUT2D eigenvalue weighted by Crippen LogP contribution is 2.30. The van der Waals surface area contributed by atoms with Crippen LogP contribution in [0.25, 0.3) is 10.1 Å². The van der Waals surface area contributed by atoms with E-state index in [1.165, 1.54) is 15.6 Å². The van der Waals surface area contributed by atoms with Crippen LogP contribution in [0, 0.1) is 0 Å². The van der Waals surface area contributed by atoms with Crippen LogP contribution in [0.3, 0.4) is 0 Å². The van der Waals surface area contributed by atoms with Gasteiger partial charge in [-0.1, -0.05) is 18.2 Å². The molecule has 0 aliphatic rings. The summed E-state index contributed by atoms with van der Waals surface area (Å²) in [6.45, 7) is 0. The summed E-state index contributed by atoms with van der Waals surface area (Å²) in [4.78, 5) is 4.12. The maximum absolute atomic E-state index is 6.33. The molecule has 3 nitrogen and oxygen atoms in total. The Morgan fingerprint density at radius 3 is 3.00 bits per heavy atom. The number of aromatic nitrogens is 2. The lowest BCUT2D eigenvalue weighted by atomic mass is 10.0. The molecule has 3 aromatic rings. The zero-order chi connectivity index (χ0) is 11.8. The molecule has 86 valence electrons. The van der Waals surface area contributed by atoms with E-state index < -0.39 is 0 Å². The Kier molecular flexibility index (Phi) is 2.46. The van der Waals surface area contributed by atoms with Crippen LogP contribution in [0.4, 0.5) is 0 Å². The van der Waals surface area contributed by atoms with Crippen LogP contribution in [0.1, 0.15) is 17.3 Å². The minimum absolute atomic E-state index is 0.121. The van der Waals surface area contributed by atoms with Crippen LogP contribution in [-0.4, -0.2) is 9.55 Å². The third-order valence-corrected chi connectivity index (χ3v) is 4.00. The van der Waals surface area contributed by atoms with Gasteiger partial charge in [0.2, 0.25) is 0 Å². The Morgan fingerprint density at radius 1 is 1.35 bits per heavy atom. The van der Waals surface area contributed by atoms with Crippen LogP contribution in [0.5, 0.6) is 0 Å². The quantitative estimate of drug-likeness (QED) is 0.752. The number of benzene rings is 1. The summed E-state index contributed by atoms with van der Waals surface area (Å²) in [6, 6.07) is 8.27. The fraction of sp³-hybridized carbons (Fsp3) is 0.154. The SMILES string of the molecule is Cn1cncc1C(N)c1cccc2ccsc12. The van der Waals surface area contributed by atoms with Gasteiger partial charge in [0, 0.05) is 11.7 Å². The minimum atomic E-state index is -0.121. The molecule has 0 saturated heterocycles. The lowest BCUT2D eigenvalue weighted by Gasteiger charge is -2.13. The van der Waals surface area contributed by atoms with Crippen molar-refractivity contribution in [2.75, 3.05) is 0 Å². The highest BCUT2D eigenvalue weighted by atomic mass is 32.1. The van der Waals surface area contributed by atoms with Crippen molar-refractivity contribution in [1.82, 2.24) is 9.55 Å². The highest BCUT2D eigenvalue weighted by Gasteiger charge is 2.15. The summed E-state index contributed by atoms with van der Waals surface area (Å²) >= 11 is 1.74. The van der Waals surface area contributed by atoms with E-state index in [2.05, 4.69) is 34.6 Å². The number of nitrogens with zero attached hydrogens (tertiary/aromatic N) is 2. The average molecular weight is 243 g/mol. The van der Waals surface area contributed by atoms with Gasteiger partial charge in [0.05, 0.1) is 24.3 Å². The molecule has 0 spiro atoms. The van der Waals surface area contributed by atoms with Crippen LogP contribution in [0.2, 0.25) is 0 Å². The first kappa shape index (κ1) is 10.5. The van der Waals surface area contributed by atoms with E-state index in [4.69, 9.17) is 5.73 Å². The lowest BCUT2D eigenvalue weighted by molar-refractivity contribution is 0.751. The van der Waals surface area contributed by atoms with Crippen molar-refractivity contribution in [3.8, 4) is 0 Å². The number of aryl methyl sites for hydroxylation is 1. The zero-order valence-corrected chi connectivity index (χ0v) is 10.3. The van der Waals surface area contributed by atoms with Gasteiger partial charge in [-0.2, -0.15) is 0 Å². The summed E-state index contributed by atoms with van der Waals surface area (Å²) in [5, 5.41) is 3.36. The van der Waals surface area contributed by atoms with Gasteiger partial charge in [-0.15, -0.1) is 11.3 Å². The molecule has 0 saturated carbocycles. The van der Waals surface area contributed by atoms with Crippen LogP contribution in [-0.2, 0) is 7.05 Å². The van der Waals surface area contributed by atoms with Crippen molar-refractivity contribution >= 4 is 21.4 Å². The summed E-state index contributed by atoms with van der Waals surface area (Å²) < 4.78 is 3.23. The first-order valence-corrected chi connectivity index (χ1v) is 6.33. The molecule has 0 aliphatic heterocycles. The molecule has 0 bridgehead atoms. The van der Waals surface area contributed by atoms with Gasteiger partial charge in [0.15, 0.2) is 0 Å². The van der Waals surface area contributed by atoms with E-state index in [1.54, 1.807) is 17.7 Å². The first-order chi connectivity index (χ1) is 8.27. The van der Waals surface area contributed by atoms with Gasteiger partial charge < -0.3 is 10.3 Å². The molecule has 2 N–H and O–H groups in total. The lowest BCUT2D eigenvalue weighted by Crippen LogP contribution is -2.15. The van der Waals surface area contributed by atoms with Crippen molar-refractivity contribution < 1.29 is 0 Å². The second-order valence-electron chi connectivity index (χ2n) is 4.09. The molecular formula is C13H13N3S. The zero-order valence-electron chi connectivity index (χ0n) is 9.50. The standard InChI is InChI=1S/C13H13N3S/c1-16-8-15-7-11(16)12(14)10-4-2-3-9-5-6-17-13(9)10/h2-8,12H,14H2,1H3. The smallest absolute Gasteiger partial charge is 0.0946 e. The Bertz CT molecular complexity index is 653. The third-order valence-electron chi connectivity index (χ3n) is 3.02. The Balaban J connectivity index is 2.15. The highest BCUT2D eigenvalue weighted by molar-refractivity contribution is 7.17. The number of fused-ring (bicyclic) bond motifs is 1. The van der Waals surface area contributed by atoms with E-state index in [0.29, 0.717) is 0 Å². The van der Waals surface area contributed by atoms with Crippen LogP contribution in [0.15, 0.2) is 42.2 Å². The van der Waals surface area contributed by atoms with Crippen LogP contribution < -0.4 is 5.73 Å². The summed E-state index contributed by atoms with van der Waals surface area (Å²) in [6.07, 6.45) is 3.61. The Morgan fingerprint density at radius 2 is 2.24 bits per heavy atom. The minimum Gasteiger partial charge on any atom is -0.336 e. The van der Waals surface area contributed by atoms with Gasteiger partial charge in [-0.05, 0) is 22.4 Å². The molecular weight excluding hydrogens is 230 g/mol. The monoisotopic (exact) mass is 243 g/mol. The van der Waals surface area contributed by atoms with E-state index >= 15 is 0 Å². The van der Waals surface area contributed by atoms with Gasteiger partial charge in [-0.25, -0.2) is 4.98 Å². The van der Waals surface area contributed by atoms with E-state index in [0.717, 1.165) is 5.69 Å². The fourth-order valence-electron chi connectivity index (χ4n) is 2.09. The number of hydrogen-bond acceptors (Lipinski definition) is 3. The normalized spacial score (nSPS) is 13.1. The van der Waals surface area contributed by atoms with E-state index in [-0.39, 0.29) is 6.04 Å². The third kappa shape index (κ3) is 1.66. The molecule has 2 heterocycles. The maximum atomic E-state index is 6.33. The molecule has 1 unspecified atom stereocenters. The van der Waals surface area contributed by atoms with Crippen molar-refractivity contribution in [2.45, 2.75) is 6.04 Å². The van der Waals surface area contributed by atoms with Crippen molar-refractivity contribution in [3.05, 3.63) is 53.4 Å².